The molecule has 5 rings (SSSR count). The highest BCUT2D eigenvalue weighted by molar-refractivity contribution is 5.77. The molecule has 2 heterocycles. The average molecular weight is 292 g/mol. The van der Waals surface area contributed by atoms with E-state index in [0.29, 0.717) is 11.6 Å². The molecule has 22 heavy (non-hydrogen) atoms. The Morgan fingerprint density at radius 3 is 2.82 bits per heavy atom. The van der Waals surface area contributed by atoms with Gasteiger partial charge >= 0.3 is 0 Å². The summed E-state index contributed by atoms with van der Waals surface area (Å²) in [5, 5.41) is 11.9. The molecule has 6 nitrogen and oxygen atoms in total. The number of nitrogen functional groups attached to an aromatic ring is 1. The normalized spacial score (nSPS) is 18.5. The minimum atomic E-state index is 0.0981. The van der Waals surface area contributed by atoms with Crippen molar-refractivity contribution in [2.75, 3.05) is 5.73 Å². The Kier molecular flexibility index (Phi) is 2.21. The predicted molar refractivity (Wildman–Crippen MR) is 82.3 cm³/mol. The van der Waals surface area contributed by atoms with Crippen LogP contribution >= 0.6 is 0 Å². The molecule has 0 saturated heterocycles. The molecule has 3 aromatic rings. The molecular formula is C16H16N6. The van der Waals surface area contributed by atoms with Crippen LogP contribution in [0.3, 0.4) is 0 Å². The zero-order valence-electron chi connectivity index (χ0n) is 12.2. The van der Waals surface area contributed by atoms with E-state index in [2.05, 4.69) is 44.8 Å². The molecule has 2 aromatic heterocycles. The topological polar surface area (TPSA) is 82.0 Å². The van der Waals surface area contributed by atoms with E-state index in [-0.39, 0.29) is 5.41 Å². The molecule has 2 aliphatic carbocycles. The fraction of sp³-hybridized carbons (Fsp3) is 0.375. The second-order valence-electron chi connectivity index (χ2n) is 6.43. The standard InChI is InChI=1S/C16H16N6/c17-14-12-13(22-15(18-14)19-20-21-22)11-6-2-1-5-10(11)9-16(12)7-3-4-8-16/h1-2,5-6H,3-4,7-9H2,(H2,17,18,19,21). The van der Waals surface area contributed by atoms with E-state index in [9.17, 15) is 0 Å². The summed E-state index contributed by atoms with van der Waals surface area (Å²) in [4.78, 5) is 4.45. The van der Waals surface area contributed by atoms with Crippen molar-refractivity contribution in [3.8, 4) is 11.3 Å². The number of anilines is 1. The van der Waals surface area contributed by atoms with Gasteiger partial charge in [-0.2, -0.15) is 9.50 Å². The third-order valence-electron chi connectivity index (χ3n) is 5.27. The zero-order valence-corrected chi connectivity index (χ0v) is 12.2. The number of benzene rings is 1. The van der Waals surface area contributed by atoms with Crippen LogP contribution in [-0.2, 0) is 11.8 Å². The summed E-state index contributed by atoms with van der Waals surface area (Å²) in [6.07, 6.45) is 5.85. The van der Waals surface area contributed by atoms with Gasteiger partial charge in [0.05, 0.1) is 5.69 Å². The molecule has 0 unspecified atom stereocenters. The molecule has 1 aromatic carbocycles. The van der Waals surface area contributed by atoms with Crippen LogP contribution in [0.25, 0.3) is 17.0 Å². The lowest BCUT2D eigenvalue weighted by Gasteiger charge is -2.37. The van der Waals surface area contributed by atoms with Crippen molar-refractivity contribution < 1.29 is 0 Å². The van der Waals surface area contributed by atoms with Gasteiger partial charge in [-0.3, -0.25) is 0 Å². The van der Waals surface area contributed by atoms with Gasteiger partial charge in [-0.1, -0.05) is 42.2 Å². The fourth-order valence-electron chi connectivity index (χ4n) is 4.40. The van der Waals surface area contributed by atoms with Gasteiger partial charge in [-0.15, -0.1) is 0 Å². The summed E-state index contributed by atoms with van der Waals surface area (Å²) in [7, 11) is 0. The third-order valence-corrected chi connectivity index (χ3v) is 5.27. The summed E-state index contributed by atoms with van der Waals surface area (Å²) in [6, 6.07) is 8.51. The monoisotopic (exact) mass is 292 g/mol. The van der Waals surface area contributed by atoms with Crippen LogP contribution < -0.4 is 5.73 Å². The summed E-state index contributed by atoms with van der Waals surface area (Å²) < 4.78 is 1.75. The number of nitrogens with zero attached hydrogens (tertiary/aromatic N) is 5. The fourth-order valence-corrected chi connectivity index (χ4v) is 4.40. The van der Waals surface area contributed by atoms with E-state index in [4.69, 9.17) is 5.73 Å². The van der Waals surface area contributed by atoms with E-state index in [1.165, 1.54) is 24.0 Å². The van der Waals surface area contributed by atoms with Gasteiger partial charge in [0, 0.05) is 16.5 Å². The molecule has 0 aliphatic heterocycles. The quantitative estimate of drug-likeness (QED) is 0.686. The van der Waals surface area contributed by atoms with Gasteiger partial charge in [0.1, 0.15) is 5.82 Å². The highest BCUT2D eigenvalue weighted by Gasteiger charge is 2.44. The lowest BCUT2D eigenvalue weighted by molar-refractivity contribution is 0.431. The van der Waals surface area contributed by atoms with Gasteiger partial charge in [0.2, 0.25) is 0 Å². The van der Waals surface area contributed by atoms with Gasteiger partial charge in [-0.05, 0) is 35.3 Å². The Balaban J connectivity index is 1.96. The van der Waals surface area contributed by atoms with Crippen LogP contribution in [0.2, 0.25) is 0 Å². The Morgan fingerprint density at radius 2 is 1.95 bits per heavy atom. The van der Waals surface area contributed by atoms with Crippen molar-refractivity contribution in [2.45, 2.75) is 37.5 Å². The molecule has 2 N–H and O–H groups in total. The second-order valence-corrected chi connectivity index (χ2v) is 6.43. The SMILES string of the molecule is Nc1nc2nnnn2c2c1C1(CCCC1)Cc1ccccc1-2. The number of aromatic nitrogens is 5. The molecule has 0 bridgehead atoms. The molecule has 0 amide bonds. The Bertz CT molecular complexity index is 891. The van der Waals surface area contributed by atoms with E-state index in [0.717, 1.165) is 30.5 Å². The first-order valence-electron chi connectivity index (χ1n) is 7.75. The van der Waals surface area contributed by atoms with Gasteiger partial charge < -0.3 is 5.73 Å². The summed E-state index contributed by atoms with van der Waals surface area (Å²) in [5.74, 6) is 1.06. The third kappa shape index (κ3) is 1.39. The maximum Gasteiger partial charge on any atom is 0.275 e. The van der Waals surface area contributed by atoms with E-state index in [1.807, 2.05) is 0 Å². The maximum atomic E-state index is 6.36. The lowest BCUT2D eigenvalue weighted by atomic mass is 9.68. The highest BCUT2D eigenvalue weighted by atomic mass is 15.5. The number of nitrogens with two attached hydrogens (primary N) is 1. The smallest absolute Gasteiger partial charge is 0.275 e. The maximum absolute atomic E-state index is 6.36. The highest BCUT2D eigenvalue weighted by Crippen LogP contribution is 2.52. The number of fused-ring (bicyclic) bond motifs is 6. The largest absolute Gasteiger partial charge is 0.383 e. The van der Waals surface area contributed by atoms with E-state index >= 15 is 0 Å². The van der Waals surface area contributed by atoms with Crippen LogP contribution in [0.4, 0.5) is 5.82 Å². The van der Waals surface area contributed by atoms with Crippen molar-refractivity contribution in [1.29, 1.82) is 0 Å². The molecule has 2 aliphatic rings. The van der Waals surface area contributed by atoms with Crippen LogP contribution in [0.1, 0.15) is 36.8 Å². The molecular weight excluding hydrogens is 276 g/mol. The molecule has 110 valence electrons. The van der Waals surface area contributed by atoms with Gasteiger partial charge in [-0.25, -0.2) is 0 Å². The van der Waals surface area contributed by atoms with Crippen LogP contribution in [0.15, 0.2) is 24.3 Å². The summed E-state index contributed by atoms with van der Waals surface area (Å²) in [5.41, 5.74) is 11.2. The van der Waals surface area contributed by atoms with E-state index < -0.39 is 0 Å². The average Bonchev–Trinajstić information content (AvgIpc) is 3.16. The molecule has 1 saturated carbocycles. The first kappa shape index (κ1) is 12.1. The van der Waals surface area contributed by atoms with Crippen molar-refractivity contribution in [3.63, 3.8) is 0 Å². The van der Waals surface area contributed by atoms with Crippen molar-refractivity contribution in [1.82, 2.24) is 25.0 Å². The van der Waals surface area contributed by atoms with Crippen LogP contribution in [0.5, 0.6) is 0 Å². The molecule has 6 heteroatoms. The predicted octanol–water partition coefficient (Wildman–Crippen LogP) is 2.14. The number of hydrogen-bond acceptors (Lipinski definition) is 5. The first-order valence-corrected chi connectivity index (χ1v) is 7.75. The minimum absolute atomic E-state index is 0.0981. The molecule has 1 spiro atoms. The number of rotatable bonds is 0. The minimum Gasteiger partial charge on any atom is -0.383 e. The van der Waals surface area contributed by atoms with Crippen molar-refractivity contribution in [2.24, 2.45) is 0 Å². The van der Waals surface area contributed by atoms with Crippen LogP contribution in [-0.4, -0.2) is 25.0 Å². The van der Waals surface area contributed by atoms with E-state index in [1.54, 1.807) is 4.52 Å². The van der Waals surface area contributed by atoms with Crippen molar-refractivity contribution >= 4 is 11.6 Å². The zero-order chi connectivity index (χ0) is 14.7. The molecule has 0 atom stereocenters. The Labute approximate surface area is 127 Å². The Morgan fingerprint density at radius 1 is 1.14 bits per heavy atom. The first-order chi connectivity index (χ1) is 10.8. The molecule has 1 fully saturated rings. The van der Waals surface area contributed by atoms with Gasteiger partial charge in [0.25, 0.3) is 5.78 Å². The van der Waals surface area contributed by atoms with Gasteiger partial charge in [0.15, 0.2) is 0 Å². The molecule has 0 radical (unpaired) electrons. The lowest BCUT2D eigenvalue weighted by Crippen LogP contribution is -2.32. The number of tetrazole rings is 1. The second kappa shape index (κ2) is 4.03. The summed E-state index contributed by atoms with van der Waals surface area (Å²) >= 11 is 0. The van der Waals surface area contributed by atoms with Crippen LogP contribution in [0, 0.1) is 0 Å². The Hall–Kier alpha value is -2.50. The van der Waals surface area contributed by atoms with Crippen molar-refractivity contribution in [3.05, 3.63) is 35.4 Å². The summed E-state index contributed by atoms with van der Waals surface area (Å²) in [6.45, 7) is 0. The number of hydrogen-bond donors (Lipinski definition) is 1.